The molecule has 0 aliphatic carbocycles. The second-order valence-electron chi connectivity index (χ2n) is 4.76. The van der Waals surface area contributed by atoms with E-state index in [1.54, 1.807) is 0 Å². The van der Waals surface area contributed by atoms with Gasteiger partial charge < -0.3 is 15.1 Å². The molecule has 3 nitrogen and oxygen atoms in total. The molecule has 15 heavy (non-hydrogen) atoms. The summed E-state index contributed by atoms with van der Waals surface area (Å²) in [5.41, 5.74) is 0. The Kier molecular flexibility index (Phi) is 6.22. The molecule has 0 aromatic rings. The van der Waals surface area contributed by atoms with Crippen LogP contribution in [0.15, 0.2) is 0 Å². The van der Waals surface area contributed by atoms with Crippen molar-refractivity contribution in [3.63, 3.8) is 0 Å². The number of nitrogens with zero attached hydrogens (tertiary/aromatic N) is 2. The average molecular weight is 213 g/mol. The Morgan fingerprint density at radius 1 is 1.20 bits per heavy atom. The van der Waals surface area contributed by atoms with Gasteiger partial charge in [-0.05, 0) is 39.9 Å². The summed E-state index contributed by atoms with van der Waals surface area (Å²) >= 11 is 0. The maximum Gasteiger partial charge on any atom is 0.0110 e. The highest BCUT2D eigenvalue weighted by Crippen LogP contribution is 1.99. The van der Waals surface area contributed by atoms with Gasteiger partial charge >= 0.3 is 0 Å². The van der Waals surface area contributed by atoms with E-state index in [0.717, 1.165) is 0 Å². The summed E-state index contributed by atoms with van der Waals surface area (Å²) in [4.78, 5) is 4.99. The van der Waals surface area contributed by atoms with E-state index in [9.17, 15) is 0 Å². The molecule has 3 heteroatoms. The van der Waals surface area contributed by atoms with Gasteiger partial charge in [0.25, 0.3) is 0 Å². The molecule has 0 radical (unpaired) electrons. The van der Waals surface area contributed by atoms with Crippen LogP contribution in [0.4, 0.5) is 0 Å². The molecule has 0 bridgehead atoms. The normalized spacial score (nSPS) is 21.8. The van der Waals surface area contributed by atoms with E-state index in [1.165, 1.54) is 52.1 Å². The summed E-state index contributed by atoms with van der Waals surface area (Å²) < 4.78 is 0. The third-order valence-corrected chi connectivity index (χ3v) is 3.35. The van der Waals surface area contributed by atoms with Crippen LogP contribution in [-0.4, -0.2) is 62.2 Å². The van der Waals surface area contributed by atoms with Crippen LogP contribution < -0.4 is 5.32 Å². The van der Waals surface area contributed by atoms with Crippen LogP contribution in [0.5, 0.6) is 0 Å². The van der Waals surface area contributed by atoms with Crippen LogP contribution in [0.25, 0.3) is 0 Å². The molecule has 1 aliphatic heterocycles. The van der Waals surface area contributed by atoms with Gasteiger partial charge in [-0.25, -0.2) is 0 Å². The quantitative estimate of drug-likeness (QED) is 0.664. The summed E-state index contributed by atoms with van der Waals surface area (Å²) in [5.74, 6) is 0. The Balaban J connectivity index is 1.96. The standard InChI is InChI=1S/C12H27N3/c1-4-12(2)13-6-5-7-15-10-8-14(3)9-11-15/h12-13H,4-11H2,1-3H3. The first-order chi connectivity index (χ1) is 7.22. The summed E-state index contributed by atoms with van der Waals surface area (Å²) in [7, 11) is 2.21. The van der Waals surface area contributed by atoms with Gasteiger partial charge in [-0.1, -0.05) is 6.92 Å². The number of hydrogen-bond donors (Lipinski definition) is 1. The summed E-state index contributed by atoms with van der Waals surface area (Å²) in [6.07, 6.45) is 2.52. The fourth-order valence-corrected chi connectivity index (χ4v) is 1.87. The van der Waals surface area contributed by atoms with E-state index in [0.29, 0.717) is 6.04 Å². The maximum absolute atomic E-state index is 3.54. The zero-order valence-electron chi connectivity index (χ0n) is 10.6. The molecule has 1 atom stereocenters. The molecule has 1 rings (SSSR count). The lowest BCUT2D eigenvalue weighted by Crippen LogP contribution is -2.45. The van der Waals surface area contributed by atoms with E-state index in [1.807, 2.05) is 0 Å². The van der Waals surface area contributed by atoms with Crippen molar-refractivity contribution in [1.29, 1.82) is 0 Å². The van der Waals surface area contributed by atoms with Crippen LogP contribution >= 0.6 is 0 Å². The summed E-state index contributed by atoms with van der Waals surface area (Å²) in [6, 6.07) is 0.678. The Hall–Kier alpha value is -0.120. The molecular formula is C12H27N3. The third-order valence-electron chi connectivity index (χ3n) is 3.35. The van der Waals surface area contributed by atoms with E-state index in [4.69, 9.17) is 0 Å². The maximum atomic E-state index is 3.54. The monoisotopic (exact) mass is 213 g/mol. The fourth-order valence-electron chi connectivity index (χ4n) is 1.87. The predicted octanol–water partition coefficient (Wildman–Crippen LogP) is 1.01. The highest BCUT2D eigenvalue weighted by molar-refractivity contribution is 4.69. The molecule has 90 valence electrons. The minimum absolute atomic E-state index is 0.678. The van der Waals surface area contributed by atoms with Crippen molar-refractivity contribution in [1.82, 2.24) is 15.1 Å². The molecule has 1 N–H and O–H groups in total. The zero-order valence-corrected chi connectivity index (χ0v) is 10.6. The van der Waals surface area contributed by atoms with Crippen LogP contribution in [0.2, 0.25) is 0 Å². The van der Waals surface area contributed by atoms with Crippen molar-refractivity contribution in [3.8, 4) is 0 Å². The molecule has 0 saturated carbocycles. The largest absolute Gasteiger partial charge is 0.314 e. The first kappa shape index (κ1) is 12.9. The Bertz CT molecular complexity index is 153. The van der Waals surface area contributed by atoms with Gasteiger partial charge in [0.15, 0.2) is 0 Å². The number of rotatable bonds is 6. The Morgan fingerprint density at radius 2 is 1.87 bits per heavy atom. The van der Waals surface area contributed by atoms with Gasteiger partial charge in [-0.2, -0.15) is 0 Å². The molecule has 1 unspecified atom stereocenters. The van der Waals surface area contributed by atoms with Gasteiger partial charge in [0, 0.05) is 32.2 Å². The van der Waals surface area contributed by atoms with E-state index < -0.39 is 0 Å². The molecule has 1 heterocycles. The van der Waals surface area contributed by atoms with Gasteiger partial charge in [-0.15, -0.1) is 0 Å². The minimum atomic E-state index is 0.678. The third kappa shape index (κ3) is 5.50. The van der Waals surface area contributed by atoms with Crippen molar-refractivity contribution < 1.29 is 0 Å². The van der Waals surface area contributed by atoms with Crippen LogP contribution in [0, 0.1) is 0 Å². The lowest BCUT2D eigenvalue weighted by Gasteiger charge is -2.32. The van der Waals surface area contributed by atoms with Crippen LogP contribution in [0.3, 0.4) is 0 Å². The van der Waals surface area contributed by atoms with Crippen molar-refractivity contribution in [3.05, 3.63) is 0 Å². The predicted molar refractivity (Wildman–Crippen MR) is 66.3 cm³/mol. The van der Waals surface area contributed by atoms with Gasteiger partial charge in [-0.3, -0.25) is 0 Å². The topological polar surface area (TPSA) is 18.5 Å². The second-order valence-corrected chi connectivity index (χ2v) is 4.76. The molecule has 1 fully saturated rings. The molecule has 1 saturated heterocycles. The van der Waals surface area contributed by atoms with Gasteiger partial charge in [0.05, 0.1) is 0 Å². The van der Waals surface area contributed by atoms with Crippen molar-refractivity contribution in [2.24, 2.45) is 0 Å². The second kappa shape index (κ2) is 7.20. The average Bonchev–Trinajstić information content (AvgIpc) is 2.26. The van der Waals surface area contributed by atoms with Gasteiger partial charge in [0.1, 0.15) is 0 Å². The fraction of sp³-hybridized carbons (Fsp3) is 1.00. The first-order valence-corrected chi connectivity index (χ1v) is 6.36. The highest BCUT2D eigenvalue weighted by atomic mass is 15.2. The van der Waals surface area contributed by atoms with Gasteiger partial charge in [0.2, 0.25) is 0 Å². The summed E-state index contributed by atoms with van der Waals surface area (Å²) in [6.45, 7) is 11.9. The van der Waals surface area contributed by atoms with Crippen molar-refractivity contribution in [2.45, 2.75) is 32.7 Å². The Morgan fingerprint density at radius 3 is 2.47 bits per heavy atom. The van der Waals surface area contributed by atoms with Crippen LogP contribution in [-0.2, 0) is 0 Å². The Labute approximate surface area is 94.8 Å². The number of hydrogen-bond acceptors (Lipinski definition) is 3. The molecule has 0 aromatic carbocycles. The highest BCUT2D eigenvalue weighted by Gasteiger charge is 2.12. The lowest BCUT2D eigenvalue weighted by molar-refractivity contribution is 0.152. The lowest BCUT2D eigenvalue weighted by atomic mass is 10.2. The molecular weight excluding hydrogens is 186 g/mol. The smallest absolute Gasteiger partial charge is 0.0110 e. The molecule has 1 aliphatic rings. The molecule has 0 amide bonds. The van der Waals surface area contributed by atoms with E-state index in [-0.39, 0.29) is 0 Å². The van der Waals surface area contributed by atoms with Crippen molar-refractivity contribution >= 4 is 0 Å². The molecule has 0 spiro atoms. The van der Waals surface area contributed by atoms with E-state index in [2.05, 4.69) is 36.0 Å². The van der Waals surface area contributed by atoms with Crippen molar-refractivity contribution in [2.75, 3.05) is 46.3 Å². The SMILES string of the molecule is CCC(C)NCCCN1CCN(C)CC1. The van der Waals surface area contributed by atoms with E-state index >= 15 is 0 Å². The minimum Gasteiger partial charge on any atom is -0.314 e. The molecule has 0 aromatic heterocycles. The first-order valence-electron chi connectivity index (χ1n) is 6.36. The number of piperazine rings is 1. The number of nitrogens with one attached hydrogen (secondary N) is 1. The van der Waals surface area contributed by atoms with Crippen LogP contribution in [0.1, 0.15) is 26.7 Å². The summed E-state index contributed by atoms with van der Waals surface area (Å²) in [5, 5.41) is 3.54. The number of likely N-dealkylation sites (N-methyl/N-ethyl adjacent to an activating group) is 1. The zero-order chi connectivity index (χ0) is 11.1.